The Bertz CT molecular complexity index is 1490. The maximum atomic E-state index is 13.1. The van der Waals surface area contributed by atoms with Gasteiger partial charge in [-0.3, -0.25) is 14.2 Å². The van der Waals surface area contributed by atoms with Crippen molar-refractivity contribution in [1.29, 1.82) is 0 Å². The lowest BCUT2D eigenvalue weighted by atomic mass is 10.1. The molecule has 0 aliphatic carbocycles. The molecule has 0 unspecified atom stereocenters. The number of H-pyrrole nitrogens is 1. The first kappa shape index (κ1) is 24.0. The minimum absolute atomic E-state index is 0.235. The van der Waals surface area contributed by atoms with Crippen LogP contribution in [-0.4, -0.2) is 43.3 Å². The number of methoxy groups -OCH3 is 3. The van der Waals surface area contributed by atoms with Gasteiger partial charge in [-0.1, -0.05) is 6.07 Å². The third kappa shape index (κ3) is 5.04. The normalized spacial score (nSPS) is 10.7. The van der Waals surface area contributed by atoms with Gasteiger partial charge in [-0.2, -0.15) is 0 Å². The Hall–Kier alpha value is -4.11. The Morgan fingerprint density at radius 3 is 2.37 bits per heavy atom. The van der Waals surface area contributed by atoms with Crippen LogP contribution in [0.2, 0.25) is 0 Å². The lowest BCUT2D eigenvalue weighted by Gasteiger charge is -2.11. The molecule has 35 heavy (non-hydrogen) atoms. The van der Waals surface area contributed by atoms with Crippen LogP contribution < -0.4 is 25.1 Å². The number of ether oxygens (including phenoxy) is 3. The number of carbonyl (C=O) groups excluding carboxylic acids is 1. The molecule has 0 saturated heterocycles. The zero-order valence-corrected chi connectivity index (χ0v) is 20.4. The highest BCUT2D eigenvalue weighted by Crippen LogP contribution is 2.27. The highest BCUT2D eigenvalue weighted by molar-refractivity contribution is 7.71. The lowest BCUT2D eigenvalue weighted by molar-refractivity contribution is 0.0954. The van der Waals surface area contributed by atoms with E-state index in [4.69, 9.17) is 26.4 Å². The van der Waals surface area contributed by atoms with Crippen LogP contribution in [0.5, 0.6) is 17.2 Å². The van der Waals surface area contributed by atoms with Crippen molar-refractivity contribution in [2.75, 3.05) is 27.9 Å². The topological polar surface area (TPSA) is 94.6 Å². The molecule has 9 heteroatoms. The number of aromatic amines is 1. The van der Waals surface area contributed by atoms with Crippen molar-refractivity contribution in [2.24, 2.45) is 0 Å². The zero-order valence-electron chi connectivity index (χ0n) is 19.6. The fraction of sp³-hybridized carbons (Fsp3) is 0.192. The molecular formula is C26H25N3O5S. The van der Waals surface area contributed by atoms with Crippen LogP contribution >= 0.6 is 12.2 Å². The fourth-order valence-electron chi connectivity index (χ4n) is 3.78. The summed E-state index contributed by atoms with van der Waals surface area (Å²) in [4.78, 5) is 28.9. The summed E-state index contributed by atoms with van der Waals surface area (Å²) in [6, 6.07) is 17.6. The summed E-state index contributed by atoms with van der Waals surface area (Å²) < 4.78 is 17.4. The molecule has 0 saturated carbocycles. The lowest BCUT2D eigenvalue weighted by Crippen LogP contribution is -2.26. The summed E-state index contributed by atoms with van der Waals surface area (Å²) in [7, 11) is 4.75. The van der Waals surface area contributed by atoms with E-state index in [1.807, 2.05) is 18.2 Å². The predicted octanol–water partition coefficient (Wildman–Crippen LogP) is 4.05. The predicted molar refractivity (Wildman–Crippen MR) is 137 cm³/mol. The molecular weight excluding hydrogens is 466 g/mol. The third-order valence-corrected chi connectivity index (χ3v) is 5.92. The van der Waals surface area contributed by atoms with Crippen molar-refractivity contribution in [1.82, 2.24) is 14.9 Å². The van der Waals surface area contributed by atoms with Gasteiger partial charge in [0.1, 0.15) is 5.75 Å². The van der Waals surface area contributed by atoms with E-state index in [1.54, 1.807) is 63.8 Å². The Labute approximate surface area is 207 Å². The van der Waals surface area contributed by atoms with Crippen LogP contribution in [0.3, 0.4) is 0 Å². The van der Waals surface area contributed by atoms with Gasteiger partial charge >= 0.3 is 0 Å². The zero-order chi connectivity index (χ0) is 24.9. The largest absolute Gasteiger partial charge is 0.497 e. The van der Waals surface area contributed by atoms with E-state index in [1.165, 1.54) is 4.57 Å². The second-order valence-corrected chi connectivity index (χ2v) is 8.11. The minimum Gasteiger partial charge on any atom is -0.497 e. The van der Waals surface area contributed by atoms with Crippen LogP contribution in [0.25, 0.3) is 16.6 Å². The van der Waals surface area contributed by atoms with E-state index in [9.17, 15) is 9.59 Å². The molecule has 2 N–H and O–H groups in total. The molecule has 3 aromatic carbocycles. The number of carbonyl (C=O) groups is 1. The van der Waals surface area contributed by atoms with Gasteiger partial charge in [-0.05, 0) is 78.8 Å². The molecule has 180 valence electrons. The van der Waals surface area contributed by atoms with Gasteiger partial charge in [0.15, 0.2) is 16.3 Å². The average molecular weight is 492 g/mol. The summed E-state index contributed by atoms with van der Waals surface area (Å²) in [5, 5.41) is 3.34. The molecule has 0 spiro atoms. The Morgan fingerprint density at radius 1 is 0.943 bits per heavy atom. The van der Waals surface area contributed by atoms with Gasteiger partial charge in [0, 0.05) is 12.1 Å². The Balaban J connectivity index is 1.51. The number of amides is 1. The number of benzene rings is 3. The van der Waals surface area contributed by atoms with Gasteiger partial charge in [-0.15, -0.1) is 0 Å². The SMILES string of the molecule is COc1ccc(-n2c(=S)[nH]c3cc(C(=O)NCCc4ccc(OC)c(OC)c4)ccc3c2=O)cc1. The maximum Gasteiger partial charge on any atom is 0.266 e. The first-order valence-electron chi connectivity index (χ1n) is 10.9. The van der Waals surface area contributed by atoms with Crippen molar-refractivity contribution in [3.63, 3.8) is 0 Å². The second-order valence-electron chi connectivity index (χ2n) is 7.72. The molecule has 0 fully saturated rings. The van der Waals surface area contributed by atoms with Crippen molar-refractivity contribution in [3.05, 3.63) is 86.9 Å². The van der Waals surface area contributed by atoms with E-state index >= 15 is 0 Å². The van der Waals surface area contributed by atoms with Crippen LogP contribution in [0.15, 0.2) is 65.5 Å². The van der Waals surface area contributed by atoms with E-state index in [0.29, 0.717) is 52.4 Å². The second kappa shape index (κ2) is 10.4. The monoisotopic (exact) mass is 491 g/mol. The Morgan fingerprint density at radius 2 is 1.69 bits per heavy atom. The van der Waals surface area contributed by atoms with E-state index in [-0.39, 0.29) is 16.2 Å². The number of nitrogens with one attached hydrogen (secondary N) is 2. The van der Waals surface area contributed by atoms with Gasteiger partial charge < -0.3 is 24.5 Å². The maximum absolute atomic E-state index is 13.1. The van der Waals surface area contributed by atoms with E-state index in [2.05, 4.69) is 10.3 Å². The summed E-state index contributed by atoms with van der Waals surface area (Å²) in [6.45, 7) is 0.432. The molecule has 1 heterocycles. The molecule has 0 atom stereocenters. The molecule has 1 aromatic heterocycles. The molecule has 1 amide bonds. The van der Waals surface area contributed by atoms with Gasteiger partial charge in [0.25, 0.3) is 11.5 Å². The summed E-state index contributed by atoms with van der Waals surface area (Å²) in [6.07, 6.45) is 0.620. The highest BCUT2D eigenvalue weighted by Gasteiger charge is 2.12. The summed E-state index contributed by atoms with van der Waals surface area (Å²) >= 11 is 5.44. The number of rotatable bonds is 8. The quantitative estimate of drug-likeness (QED) is 0.361. The average Bonchev–Trinajstić information content (AvgIpc) is 2.88. The number of fused-ring (bicyclic) bond motifs is 1. The van der Waals surface area contributed by atoms with Crippen molar-refractivity contribution in [2.45, 2.75) is 6.42 Å². The van der Waals surface area contributed by atoms with Crippen molar-refractivity contribution in [3.8, 4) is 22.9 Å². The van der Waals surface area contributed by atoms with E-state index in [0.717, 1.165) is 5.56 Å². The minimum atomic E-state index is -0.269. The van der Waals surface area contributed by atoms with Crippen LogP contribution in [0, 0.1) is 4.77 Å². The third-order valence-electron chi connectivity index (χ3n) is 5.64. The molecule has 0 aliphatic heterocycles. The van der Waals surface area contributed by atoms with Crippen molar-refractivity contribution >= 4 is 29.0 Å². The number of hydrogen-bond acceptors (Lipinski definition) is 6. The van der Waals surface area contributed by atoms with Crippen LogP contribution in [-0.2, 0) is 6.42 Å². The summed E-state index contributed by atoms with van der Waals surface area (Å²) in [5.74, 6) is 1.73. The molecule has 0 radical (unpaired) electrons. The first-order chi connectivity index (χ1) is 16.9. The highest BCUT2D eigenvalue weighted by atomic mass is 32.1. The number of aromatic nitrogens is 2. The van der Waals surface area contributed by atoms with Gasteiger partial charge in [0.05, 0.1) is 37.9 Å². The molecule has 0 bridgehead atoms. The fourth-order valence-corrected chi connectivity index (χ4v) is 4.08. The van der Waals surface area contributed by atoms with Gasteiger partial charge in [-0.25, -0.2) is 0 Å². The van der Waals surface area contributed by atoms with E-state index < -0.39 is 0 Å². The van der Waals surface area contributed by atoms with Gasteiger partial charge in [0.2, 0.25) is 0 Å². The summed E-state index contributed by atoms with van der Waals surface area (Å²) in [5.41, 5.74) is 2.28. The van der Waals surface area contributed by atoms with Crippen LogP contribution in [0.1, 0.15) is 15.9 Å². The molecule has 4 aromatic rings. The smallest absolute Gasteiger partial charge is 0.266 e. The number of nitrogens with zero attached hydrogens (tertiary/aromatic N) is 1. The Kier molecular flexibility index (Phi) is 7.17. The van der Waals surface area contributed by atoms with Crippen molar-refractivity contribution < 1.29 is 19.0 Å². The first-order valence-corrected chi connectivity index (χ1v) is 11.3. The molecule has 8 nitrogen and oxygen atoms in total. The molecule has 0 aliphatic rings. The standard InChI is InChI=1S/C26H25N3O5S/c1-32-19-8-6-18(7-9-19)29-25(31)20-10-5-17(15-21(20)28-26(29)35)24(30)27-13-12-16-4-11-22(33-2)23(14-16)34-3/h4-11,14-15H,12-13H2,1-3H3,(H,27,30)(H,28,35). The van der Waals surface area contributed by atoms with Crippen LogP contribution in [0.4, 0.5) is 0 Å². The molecule has 4 rings (SSSR count). The number of hydrogen-bond donors (Lipinski definition) is 2.